The number of ether oxygens (including phenoxy) is 1. The standard InChI is InChI=1S/C23H27N7O/c1-16-17(2)25-21-15-18(22-24-9-10-27(22)3)26-30(21)23(16)29-13-11-28(12-14-29)19-7-5-6-8-20(19)31-4/h5-10,15H,11-14H2,1-4H3. The maximum atomic E-state index is 5.56. The van der Waals surface area contributed by atoms with Crippen molar-refractivity contribution in [3.05, 3.63) is 54.0 Å². The molecule has 4 aromatic rings. The van der Waals surface area contributed by atoms with Gasteiger partial charge in [0.1, 0.15) is 17.3 Å². The molecule has 0 spiro atoms. The SMILES string of the molecule is COc1ccccc1N1CCN(c2c(C)c(C)nc3cc(-c4nccn4C)nn23)CC1. The van der Waals surface area contributed by atoms with Crippen LogP contribution in [0.25, 0.3) is 17.2 Å². The summed E-state index contributed by atoms with van der Waals surface area (Å²) in [5.74, 6) is 2.87. The Balaban J connectivity index is 1.48. The molecule has 0 unspecified atom stereocenters. The summed E-state index contributed by atoms with van der Waals surface area (Å²) in [6.07, 6.45) is 3.72. The number of hydrogen-bond acceptors (Lipinski definition) is 6. The monoisotopic (exact) mass is 417 g/mol. The Morgan fingerprint density at radius 3 is 2.45 bits per heavy atom. The number of methoxy groups -OCH3 is 1. The second-order valence-electron chi connectivity index (χ2n) is 7.95. The zero-order valence-electron chi connectivity index (χ0n) is 18.4. The summed E-state index contributed by atoms with van der Waals surface area (Å²) in [5, 5.41) is 4.89. The summed E-state index contributed by atoms with van der Waals surface area (Å²) >= 11 is 0. The molecular formula is C23H27N7O. The van der Waals surface area contributed by atoms with Crippen LogP contribution in [-0.2, 0) is 7.05 Å². The summed E-state index contributed by atoms with van der Waals surface area (Å²) in [6, 6.07) is 10.2. The molecule has 0 amide bonds. The quantitative estimate of drug-likeness (QED) is 0.509. The fourth-order valence-electron chi connectivity index (χ4n) is 4.33. The van der Waals surface area contributed by atoms with E-state index in [1.807, 2.05) is 40.5 Å². The van der Waals surface area contributed by atoms with Crippen molar-refractivity contribution in [1.82, 2.24) is 24.1 Å². The largest absolute Gasteiger partial charge is 0.495 e. The van der Waals surface area contributed by atoms with Gasteiger partial charge in [0.05, 0.1) is 12.8 Å². The van der Waals surface area contributed by atoms with Crippen LogP contribution in [0.15, 0.2) is 42.7 Å². The van der Waals surface area contributed by atoms with E-state index in [2.05, 4.69) is 40.8 Å². The van der Waals surface area contributed by atoms with Gasteiger partial charge in [-0.1, -0.05) is 12.1 Å². The lowest BCUT2D eigenvalue weighted by molar-refractivity contribution is 0.413. The predicted molar refractivity (Wildman–Crippen MR) is 122 cm³/mol. The van der Waals surface area contributed by atoms with Gasteiger partial charge in [-0.05, 0) is 26.0 Å². The second-order valence-corrected chi connectivity index (χ2v) is 7.95. The zero-order chi connectivity index (χ0) is 21.5. The smallest absolute Gasteiger partial charge is 0.160 e. The number of hydrogen-bond donors (Lipinski definition) is 0. The van der Waals surface area contributed by atoms with E-state index >= 15 is 0 Å². The van der Waals surface area contributed by atoms with Gasteiger partial charge in [-0.2, -0.15) is 9.61 Å². The van der Waals surface area contributed by atoms with Crippen LogP contribution in [0.2, 0.25) is 0 Å². The van der Waals surface area contributed by atoms with Crippen LogP contribution in [0.5, 0.6) is 5.75 Å². The molecule has 1 fully saturated rings. The van der Waals surface area contributed by atoms with E-state index in [1.54, 1.807) is 13.3 Å². The molecular weight excluding hydrogens is 390 g/mol. The number of anilines is 2. The molecule has 8 nitrogen and oxygen atoms in total. The van der Waals surface area contributed by atoms with Crippen LogP contribution >= 0.6 is 0 Å². The van der Waals surface area contributed by atoms with Gasteiger partial charge in [0.2, 0.25) is 0 Å². The first kappa shape index (κ1) is 19.4. The molecule has 3 aromatic heterocycles. The van der Waals surface area contributed by atoms with Crippen molar-refractivity contribution in [2.75, 3.05) is 43.1 Å². The first-order valence-corrected chi connectivity index (χ1v) is 10.5. The normalized spacial score (nSPS) is 14.5. The predicted octanol–water partition coefficient (Wildman–Crippen LogP) is 3.08. The Kier molecular flexibility index (Phi) is 4.77. The number of piperazine rings is 1. The third-order valence-electron chi connectivity index (χ3n) is 6.11. The lowest BCUT2D eigenvalue weighted by atomic mass is 10.2. The molecule has 0 saturated carbocycles. The minimum Gasteiger partial charge on any atom is -0.495 e. The van der Waals surface area contributed by atoms with Crippen LogP contribution in [0, 0.1) is 13.8 Å². The van der Waals surface area contributed by atoms with Gasteiger partial charge in [-0.3, -0.25) is 0 Å². The average molecular weight is 418 g/mol. The van der Waals surface area contributed by atoms with Gasteiger partial charge >= 0.3 is 0 Å². The van der Waals surface area contributed by atoms with Crippen molar-refractivity contribution >= 4 is 17.2 Å². The number of imidazole rings is 1. The molecule has 1 aliphatic heterocycles. The molecule has 0 radical (unpaired) electrons. The van der Waals surface area contributed by atoms with E-state index in [0.29, 0.717) is 0 Å². The third kappa shape index (κ3) is 3.28. The van der Waals surface area contributed by atoms with Crippen LogP contribution < -0.4 is 14.5 Å². The van der Waals surface area contributed by atoms with Crippen LogP contribution in [-0.4, -0.2) is 57.4 Å². The Morgan fingerprint density at radius 2 is 1.74 bits per heavy atom. The summed E-state index contributed by atoms with van der Waals surface area (Å²) in [6.45, 7) is 7.82. The van der Waals surface area contributed by atoms with Crippen molar-refractivity contribution in [3.8, 4) is 17.3 Å². The van der Waals surface area contributed by atoms with Gasteiger partial charge in [-0.15, -0.1) is 0 Å². The Bertz CT molecular complexity index is 1230. The lowest BCUT2D eigenvalue weighted by Crippen LogP contribution is -2.47. The van der Waals surface area contributed by atoms with Crippen molar-refractivity contribution in [2.24, 2.45) is 7.05 Å². The molecule has 4 heterocycles. The van der Waals surface area contributed by atoms with E-state index in [1.165, 1.54) is 0 Å². The molecule has 0 bridgehead atoms. The number of aromatic nitrogens is 5. The topological polar surface area (TPSA) is 63.7 Å². The number of nitrogens with zero attached hydrogens (tertiary/aromatic N) is 7. The number of benzene rings is 1. The Hall–Kier alpha value is -3.55. The average Bonchev–Trinajstić information content (AvgIpc) is 3.40. The van der Waals surface area contributed by atoms with Crippen LogP contribution in [0.4, 0.5) is 11.5 Å². The highest BCUT2D eigenvalue weighted by atomic mass is 16.5. The molecule has 160 valence electrons. The lowest BCUT2D eigenvalue weighted by Gasteiger charge is -2.38. The zero-order valence-corrected chi connectivity index (χ0v) is 18.4. The van der Waals surface area contributed by atoms with Gasteiger partial charge in [0, 0.05) is 62.9 Å². The molecule has 8 heteroatoms. The molecule has 31 heavy (non-hydrogen) atoms. The highest BCUT2D eigenvalue weighted by Gasteiger charge is 2.24. The molecule has 5 rings (SSSR count). The molecule has 0 aliphatic carbocycles. The van der Waals surface area contributed by atoms with E-state index in [4.69, 9.17) is 14.8 Å². The van der Waals surface area contributed by atoms with E-state index in [0.717, 1.165) is 71.9 Å². The fraction of sp³-hybridized carbons (Fsp3) is 0.348. The van der Waals surface area contributed by atoms with Crippen LogP contribution in [0.1, 0.15) is 11.3 Å². The van der Waals surface area contributed by atoms with Crippen LogP contribution in [0.3, 0.4) is 0 Å². The first-order chi connectivity index (χ1) is 15.1. The van der Waals surface area contributed by atoms with Gasteiger partial charge in [0.25, 0.3) is 0 Å². The molecule has 0 N–H and O–H groups in total. The summed E-state index contributed by atoms with van der Waals surface area (Å²) in [5.41, 5.74) is 5.02. The van der Waals surface area contributed by atoms with Crippen molar-refractivity contribution in [3.63, 3.8) is 0 Å². The highest BCUT2D eigenvalue weighted by molar-refractivity contribution is 5.65. The van der Waals surface area contributed by atoms with Crippen molar-refractivity contribution in [1.29, 1.82) is 0 Å². The Labute approximate surface area is 181 Å². The summed E-state index contributed by atoms with van der Waals surface area (Å²) in [7, 11) is 3.71. The van der Waals surface area contributed by atoms with Crippen molar-refractivity contribution < 1.29 is 4.74 Å². The third-order valence-corrected chi connectivity index (χ3v) is 6.11. The maximum absolute atomic E-state index is 5.56. The minimum absolute atomic E-state index is 0.832. The first-order valence-electron chi connectivity index (χ1n) is 10.5. The van der Waals surface area contributed by atoms with Crippen molar-refractivity contribution in [2.45, 2.75) is 13.8 Å². The van der Waals surface area contributed by atoms with Gasteiger partial charge < -0.3 is 19.1 Å². The number of aryl methyl sites for hydroxylation is 2. The van der Waals surface area contributed by atoms with E-state index < -0.39 is 0 Å². The Morgan fingerprint density at radius 1 is 1.00 bits per heavy atom. The van der Waals surface area contributed by atoms with E-state index in [-0.39, 0.29) is 0 Å². The molecule has 0 atom stereocenters. The molecule has 1 aromatic carbocycles. The number of para-hydroxylation sites is 2. The molecule has 1 saturated heterocycles. The fourth-order valence-corrected chi connectivity index (χ4v) is 4.33. The van der Waals surface area contributed by atoms with E-state index in [9.17, 15) is 0 Å². The van der Waals surface area contributed by atoms with Gasteiger partial charge in [-0.25, -0.2) is 9.97 Å². The molecule has 1 aliphatic rings. The number of fused-ring (bicyclic) bond motifs is 1. The maximum Gasteiger partial charge on any atom is 0.160 e. The second kappa shape index (κ2) is 7.61. The number of rotatable bonds is 4. The van der Waals surface area contributed by atoms with Gasteiger partial charge in [0.15, 0.2) is 11.5 Å². The highest BCUT2D eigenvalue weighted by Crippen LogP contribution is 2.31. The minimum atomic E-state index is 0.832. The summed E-state index contributed by atoms with van der Waals surface area (Å²) in [4.78, 5) is 14.0. The summed E-state index contributed by atoms with van der Waals surface area (Å²) < 4.78 is 9.52.